The lowest BCUT2D eigenvalue weighted by Gasteiger charge is -2.17. The lowest BCUT2D eigenvalue weighted by Crippen LogP contribution is -2.39. The second-order valence-corrected chi connectivity index (χ2v) is 8.02. The molecular weight excluding hydrogens is 388 g/mol. The lowest BCUT2D eigenvalue weighted by molar-refractivity contribution is -0.119. The molecule has 1 unspecified atom stereocenters. The molecule has 2 heterocycles. The van der Waals surface area contributed by atoms with E-state index in [0.29, 0.717) is 11.0 Å². The average Bonchev–Trinajstić information content (AvgIpc) is 3.11. The molecule has 2 aromatic heterocycles. The molecule has 1 atom stereocenters. The van der Waals surface area contributed by atoms with Crippen LogP contribution in [0.5, 0.6) is 0 Å². The lowest BCUT2D eigenvalue weighted by atomic mass is 10.0. The molecule has 3 aromatic rings. The Morgan fingerprint density at radius 2 is 1.86 bits per heavy atom. The van der Waals surface area contributed by atoms with Gasteiger partial charge in [0, 0.05) is 18.0 Å². The van der Waals surface area contributed by atoms with Crippen LogP contribution in [0.1, 0.15) is 32.3 Å². The molecule has 0 bridgehead atoms. The molecule has 150 valence electrons. The van der Waals surface area contributed by atoms with Gasteiger partial charge in [0.1, 0.15) is 0 Å². The highest BCUT2D eigenvalue weighted by molar-refractivity contribution is 8.00. The molecule has 0 fully saturated rings. The number of primary amides is 1. The minimum Gasteiger partial charge on any atom is -0.351 e. The van der Waals surface area contributed by atoms with Crippen molar-refractivity contribution < 1.29 is 9.59 Å². The fourth-order valence-electron chi connectivity index (χ4n) is 2.86. The Morgan fingerprint density at radius 1 is 1.10 bits per heavy atom. The molecule has 0 spiro atoms. The fourth-order valence-corrected chi connectivity index (χ4v) is 3.72. The molecule has 0 aliphatic rings. The van der Waals surface area contributed by atoms with Crippen LogP contribution in [0.25, 0.3) is 17.1 Å². The Kier molecular flexibility index (Phi) is 6.28. The molecule has 3 N–H and O–H groups in total. The fraction of sp³-hybridized carbons (Fsp3) is 0.250. The van der Waals surface area contributed by atoms with Gasteiger partial charge in [0.05, 0.1) is 10.9 Å². The molecule has 0 aliphatic carbocycles. The van der Waals surface area contributed by atoms with Gasteiger partial charge in [-0.05, 0) is 36.6 Å². The van der Waals surface area contributed by atoms with E-state index in [0.717, 1.165) is 16.8 Å². The van der Waals surface area contributed by atoms with Crippen molar-refractivity contribution in [3.05, 3.63) is 54.4 Å². The maximum absolute atomic E-state index is 12.2. The number of urea groups is 1. The van der Waals surface area contributed by atoms with Crippen molar-refractivity contribution in [3.63, 3.8) is 0 Å². The number of carbonyl (C=O) groups excluding carboxylic acids is 2. The summed E-state index contributed by atoms with van der Waals surface area (Å²) in [6.07, 6.45) is 3.41. The molecule has 29 heavy (non-hydrogen) atoms. The molecule has 0 aliphatic heterocycles. The third-order valence-corrected chi connectivity index (χ3v) is 5.29. The Labute approximate surface area is 172 Å². The van der Waals surface area contributed by atoms with Crippen molar-refractivity contribution in [2.75, 3.05) is 0 Å². The molecule has 0 radical (unpaired) electrons. The summed E-state index contributed by atoms with van der Waals surface area (Å²) >= 11 is 1.20. The molecule has 9 heteroatoms. The minimum absolute atomic E-state index is 0.267. The molecule has 8 nitrogen and oxygen atoms in total. The van der Waals surface area contributed by atoms with Crippen LogP contribution in [-0.4, -0.2) is 36.9 Å². The summed E-state index contributed by atoms with van der Waals surface area (Å²) in [5.74, 6) is 0.400. The number of thioether (sulfide) groups is 1. The highest BCUT2D eigenvalue weighted by Gasteiger charge is 2.24. The van der Waals surface area contributed by atoms with Gasteiger partial charge in [-0.1, -0.05) is 43.8 Å². The van der Waals surface area contributed by atoms with Crippen LogP contribution in [0.4, 0.5) is 4.79 Å². The number of nitrogens with one attached hydrogen (secondary N) is 1. The quantitative estimate of drug-likeness (QED) is 0.603. The summed E-state index contributed by atoms with van der Waals surface area (Å²) in [6.45, 7) is 5.91. The number of aromatic nitrogens is 4. The first kappa shape index (κ1) is 20.5. The molecular formula is C20H22N6O2S. The van der Waals surface area contributed by atoms with E-state index in [-0.39, 0.29) is 5.92 Å². The first-order chi connectivity index (χ1) is 13.9. The second kappa shape index (κ2) is 8.87. The zero-order chi connectivity index (χ0) is 21.0. The number of nitrogens with two attached hydrogens (primary N) is 1. The van der Waals surface area contributed by atoms with Crippen molar-refractivity contribution in [1.82, 2.24) is 25.1 Å². The Hall–Kier alpha value is -3.20. The maximum atomic E-state index is 12.2. The average molecular weight is 411 g/mol. The summed E-state index contributed by atoms with van der Waals surface area (Å²) in [5.41, 5.74) is 7.91. The number of pyridine rings is 1. The number of hydrogen-bond acceptors (Lipinski definition) is 6. The Bertz CT molecular complexity index is 1020. The van der Waals surface area contributed by atoms with Gasteiger partial charge in [-0.25, -0.2) is 4.79 Å². The number of nitrogens with zero attached hydrogens (tertiary/aromatic N) is 4. The first-order valence-corrected chi connectivity index (χ1v) is 9.98. The zero-order valence-electron chi connectivity index (χ0n) is 16.4. The van der Waals surface area contributed by atoms with Crippen LogP contribution in [-0.2, 0) is 4.79 Å². The van der Waals surface area contributed by atoms with Gasteiger partial charge in [-0.15, -0.1) is 10.2 Å². The first-order valence-electron chi connectivity index (χ1n) is 9.10. The van der Waals surface area contributed by atoms with Gasteiger partial charge in [-0.3, -0.25) is 19.7 Å². The number of para-hydroxylation sites is 1. The normalized spacial score (nSPS) is 12.0. The van der Waals surface area contributed by atoms with E-state index >= 15 is 0 Å². The highest BCUT2D eigenvalue weighted by Crippen LogP contribution is 2.33. The van der Waals surface area contributed by atoms with Crippen molar-refractivity contribution in [2.24, 2.45) is 5.73 Å². The number of carbonyl (C=O) groups is 2. The monoisotopic (exact) mass is 410 g/mol. The van der Waals surface area contributed by atoms with E-state index in [1.165, 1.54) is 11.8 Å². The minimum atomic E-state index is -0.884. The van der Waals surface area contributed by atoms with Crippen molar-refractivity contribution in [2.45, 2.75) is 37.1 Å². The number of amides is 3. The standard InChI is InChI=1S/C20H22N6O2S/c1-12(2)15-8-4-5-9-16(15)26-17(14-7-6-10-22-11-14)24-25-20(26)29-13(3)18(27)23-19(21)28/h4-13H,1-3H3,(H3,21,23,27,28). The van der Waals surface area contributed by atoms with Gasteiger partial charge in [0.2, 0.25) is 5.91 Å². The predicted octanol–water partition coefficient (Wildman–Crippen LogP) is 3.13. The smallest absolute Gasteiger partial charge is 0.318 e. The van der Waals surface area contributed by atoms with E-state index in [1.54, 1.807) is 19.3 Å². The zero-order valence-corrected chi connectivity index (χ0v) is 17.2. The summed E-state index contributed by atoms with van der Waals surface area (Å²) in [6, 6.07) is 10.8. The molecule has 0 saturated heterocycles. The van der Waals surface area contributed by atoms with Gasteiger partial charge >= 0.3 is 6.03 Å². The number of hydrogen-bond donors (Lipinski definition) is 2. The number of imide groups is 1. The summed E-state index contributed by atoms with van der Waals surface area (Å²) < 4.78 is 1.92. The van der Waals surface area contributed by atoms with Crippen molar-refractivity contribution in [3.8, 4) is 17.1 Å². The molecule has 3 rings (SSSR count). The van der Waals surface area contributed by atoms with Crippen LogP contribution < -0.4 is 11.1 Å². The maximum Gasteiger partial charge on any atom is 0.318 e. The van der Waals surface area contributed by atoms with Gasteiger partial charge < -0.3 is 5.73 Å². The van der Waals surface area contributed by atoms with Crippen LogP contribution >= 0.6 is 11.8 Å². The van der Waals surface area contributed by atoms with Crippen molar-refractivity contribution in [1.29, 1.82) is 0 Å². The molecule has 1 aromatic carbocycles. The highest BCUT2D eigenvalue weighted by atomic mass is 32.2. The predicted molar refractivity (Wildman–Crippen MR) is 112 cm³/mol. The third kappa shape index (κ3) is 4.62. The molecule has 0 saturated carbocycles. The number of benzene rings is 1. The van der Waals surface area contributed by atoms with Crippen LogP contribution in [0, 0.1) is 0 Å². The SMILES string of the molecule is CC(Sc1nnc(-c2cccnc2)n1-c1ccccc1C(C)C)C(=O)NC(N)=O. The second-order valence-electron chi connectivity index (χ2n) is 6.71. The topological polar surface area (TPSA) is 116 Å². The van der Waals surface area contributed by atoms with Gasteiger partial charge in [0.15, 0.2) is 11.0 Å². The van der Waals surface area contributed by atoms with Gasteiger partial charge in [-0.2, -0.15) is 0 Å². The summed E-state index contributed by atoms with van der Waals surface area (Å²) in [7, 11) is 0. The Morgan fingerprint density at radius 3 is 2.52 bits per heavy atom. The summed E-state index contributed by atoms with van der Waals surface area (Å²) in [5, 5.41) is 10.7. The van der Waals surface area contributed by atoms with E-state index in [2.05, 4.69) is 40.4 Å². The van der Waals surface area contributed by atoms with E-state index in [4.69, 9.17) is 5.73 Å². The van der Waals surface area contributed by atoms with E-state index < -0.39 is 17.2 Å². The Balaban J connectivity index is 2.10. The van der Waals surface area contributed by atoms with E-state index in [1.807, 2.05) is 34.9 Å². The molecule has 3 amide bonds. The number of rotatable bonds is 6. The van der Waals surface area contributed by atoms with Gasteiger partial charge in [0.25, 0.3) is 0 Å². The van der Waals surface area contributed by atoms with Crippen LogP contribution in [0.15, 0.2) is 53.9 Å². The van der Waals surface area contributed by atoms with E-state index in [9.17, 15) is 9.59 Å². The third-order valence-electron chi connectivity index (χ3n) is 4.25. The van der Waals surface area contributed by atoms with Crippen molar-refractivity contribution >= 4 is 23.7 Å². The van der Waals surface area contributed by atoms with Crippen LogP contribution in [0.2, 0.25) is 0 Å². The largest absolute Gasteiger partial charge is 0.351 e. The summed E-state index contributed by atoms with van der Waals surface area (Å²) in [4.78, 5) is 27.3. The van der Waals surface area contributed by atoms with Crippen LogP contribution in [0.3, 0.4) is 0 Å².